The Labute approximate surface area is 179 Å². The highest BCUT2D eigenvalue weighted by molar-refractivity contribution is 6.30. The Morgan fingerprint density at radius 1 is 1.13 bits per heavy atom. The van der Waals surface area contributed by atoms with Crippen molar-refractivity contribution >= 4 is 35.2 Å². The van der Waals surface area contributed by atoms with Gasteiger partial charge in [-0.05, 0) is 48.9 Å². The van der Waals surface area contributed by atoms with Gasteiger partial charge in [-0.15, -0.1) is 0 Å². The summed E-state index contributed by atoms with van der Waals surface area (Å²) in [6.45, 7) is 1.37. The maximum Gasteiger partial charge on any atom is 0.335 e. The zero-order valence-electron chi connectivity index (χ0n) is 17.5. The molecule has 2 aromatic carbocycles. The van der Waals surface area contributed by atoms with Gasteiger partial charge in [0.25, 0.3) is 5.91 Å². The van der Waals surface area contributed by atoms with Gasteiger partial charge in [0.15, 0.2) is 5.76 Å². The molecule has 2 aromatic rings. The van der Waals surface area contributed by atoms with Crippen LogP contribution in [0.15, 0.2) is 65.4 Å². The van der Waals surface area contributed by atoms with Gasteiger partial charge in [-0.1, -0.05) is 18.2 Å². The predicted molar refractivity (Wildman–Crippen MR) is 117 cm³/mol. The second-order valence-corrected chi connectivity index (χ2v) is 7.11. The number of hydrogen-bond donors (Lipinski definition) is 2. The fourth-order valence-corrected chi connectivity index (χ4v) is 3.23. The standard InChI is InChI=1S/C23H23N3O5/c1-14-19(11-15-7-9-17(10-8-15)25(2)3)21(27)26(22(28)20(14)31-13-24)18-6-4-5-16(12-18)23(29)30/h4-12H,13,24H2,1-3H3,(H,29,30)/b19-11-. The fraction of sp³-hybridized carbons (Fsp3) is 0.174. The molecule has 8 heteroatoms. The van der Waals surface area contributed by atoms with Crippen molar-refractivity contribution in [3.05, 3.63) is 76.6 Å². The third-order valence-electron chi connectivity index (χ3n) is 4.87. The number of imide groups is 1. The van der Waals surface area contributed by atoms with Gasteiger partial charge >= 0.3 is 11.9 Å². The van der Waals surface area contributed by atoms with E-state index in [2.05, 4.69) is 0 Å². The van der Waals surface area contributed by atoms with E-state index in [4.69, 9.17) is 10.5 Å². The van der Waals surface area contributed by atoms with Crippen LogP contribution in [0.3, 0.4) is 0 Å². The Hall–Kier alpha value is -3.91. The first kappa shape index (κ1) is 21.8. The van der Waals surface area contributed by atoms with Crippen LogP contribution >= 0.6 is 0 Å². The van der Waals surface area contributed by atoms with E-state index in [0.717, 1.165) is 16.2 Å². The molecule has 0 atom stereocenters. The first-order valence-corrected chi connectivity index (χ1v) is 9.50. The molecule has 0 unspecified atom stereocenters. The minimum atomic E-state index is -1.17. The summed E-state index contributed by atoms with van der Waals surface area (Å²) in [7, 11) is 3.85. The number of nitrogens with zero attached hydrogens (tertiary/aromatic N) is 2. The molecule has 0 aliphatic carbocycles. The van der Waals surface area contributed by atoms with Gasteiger partial charge in [-0.2, -0.15) is 0 Å². The second kappa shape index (κ2) is 8.85. The number of ether oxygens (including phenoxy) is 1. The topological polar surface area (TPSA) is 113 Å². The van der Waals surface area contributed by atoms with Crippen molar-refractivity contribution in [1.29, 1.82) is 0 Å². The minimum Gasteiger partial charge on any atom is -0.478 e. The van der Waals surface area contributed by atoms with E-state index in [1.165, 1.54) is 24.3 Å². The lowest BCUT2D eigenvalue weighted by molar-refractivity contribution is -0.125. The van der Waals surface area contributed by atoms with E-state index in [-0.39, 0.29) is 29.3 Å². The molecule has 160 valence electrons. The van der Waals surface area contributed by atoms with Crippen LogP contribution in [0, 0.1) is 0 Å². The third kappa shape index (κ3) is 4.34. The normalized spacial score (nSPS) is 15.5. The molecule has 1 aliphatic rings. The lowest BCUT2D eigenvalue weighted by atomic mass is 9.96. The van der Waals surface area contributed by atoms with Gasteiger partial charge in [-0.3, -0.25) is 15.3 Å². The Bertz CT molecular complexity index is 1100. The van der Waals surface area contributed by atoms with Crippen molar-refractivity contribution in [2.45, 2.75) is 6.92 Å². The molecule has 0 aromatic heterocycles. The molecule has 0 saturated carbocycles. The van der Waals surface area contributed by atoms with Crippen LogP contribution in [0.5, 0.6) is 0 Å². The zero-order valence-corrected chi connectivity index (χ0v) is 17.5. The molecular weight excluding hydrogens is 398 g/mol. The highest BCUT2D eigenvalue weighted by Gasteiger charge is 2.37. The quantitative estimate of drug-likeness (QED) is 0.419. The van der Waals surface area contributed by atoms with Crippen molar-refractivity contribution in [2.75, 3.05) is 30.6 Å². The lowest BCUT2D eigenvalue weighted by Crippen LogP contribution is -2.44. The Balaban J connectivity index is 2.12. The van der Waals surface area contributed by atoms with Crippen LogP contribution in [0.1, 0.15) is 22.8 Å². The summed E-state index contributed by atoms with van der Waals surface area (Å²) in [4.78, 5) is 40.5. The van der Waals surface area contributed by atoms with Gasteiger partial charge in [0.2, 0.25) is 0 Å². The third-order valence-corrected chi connectivity index (χ3v) is 4.87. The number of nitrogens with two attached hydrogens (primary N) is 1. The van der Waals surface area contributed by atoms with Crippen LogP contribution < -0.4 is 15.5 Å². The molecule has 8 nitrogen and oxygen atoms in total. The second-order valence-electron chi connectivity index (χ2n) is 7.11. The monoisotopic (exact) mass is 421 g/mol. The van der Waals surface area contributed by atoms with Crippen molar-refractivity contribution in [3.63, 3.8) is 0 Å². The zero-order chi connectivity index (χ0) is 22.7. The summed E-state index contributed by atoms with van der Waals surface area (Å²) in [6.07, 6.45) is 1.66. The van der Waals surface area contributed by atoms with Gasteiger partial charge in [0.1, 0.15) is 6.73 Å². The van der Waals surface area contributed by atoms with Crippen molar-refractivity contribution in [2.24, 2.45) is 5.73 Å². The maximum atomic E-state index is 13.3. The Morgan fingerprint density at radius 2 is 1.81 bits per heavy atom. The van der Waals surface area contributed by atoms with Crippen molar-refractivity contribution in [3.8, 4) is 0 Å². The number of carboxylic acid groups (broad SMARTS) is 1. The molecule has 0 spiro atoms. The summed E-state index contributed by atoms with van der Waals surface area (Å²) in [5, 5.41) is 9.27. The van der Waals surface area contributed by atoms with Gasteiger partial charge in [0, 0.05) is 30.9 Å². The average Bonchev–Trinajstić information content (AvgIpc) is 2.75. The minimum absolute atomic E-state index is 0.0459. The van der Waals surface area contributed by atoms with Gasteiger partial charge in [-0.25, -0.2) is 9.69 Å². The summed E-state index contributed by atoms with van der Waals surface area (Å²) >= 11 is 0. The van der Waals surface area contributed by atoms with Crippen LogP contribution in [0.25, 0.3) is 6.08 Å². The number of benzene rings is 2. The van der Waals surface area contributed by atoms with Crippen LogP contribution in [-0.4, -0.2) is 43.7 Å². The number of rotatable bonds is 6. The first-order chi connectivity index (χ1) is 14.7. The number of carbonyl (C=O) groups is 3. The molecule has 0 bridgehead atoms. The number of carbonyl (C=O) groups excluding carboxylic acids is 2. The lowest BCUT2D eigenvalue weighted by Gasteiger charge is -2.29. The first-order valence-electron chi connectivity index (χ1n) is 9.50. The van der Waals surface area contributed by atoms with Gasteiger partial charge < -0.3 is 14.7 Å². The number of anilines is 2. The average molecular weight is 421 g/mol. The number of carboxylic acids is 1. The van der Waals surface area contributed by atoms with Crippen molar-refractivity contribution < 1.29 is 24.2 Å². The van der Waals surface area contributed by atoms with E-state index < -0.39 is 17.8 Å². The van der Waals surface area contributed by atoms with E-state index in [1.54, 1.807) is 13.0 Å². The van der Waals surface area contributed by atoms with E-state index in [9.17, 15) is 19.5 Å². The molecule has 0 saturated heterocycles. The highest BCUT2D eigenvalue weighted by Crippen LogP contribution is 2.32. The molecule has 0 radical (unpaired) electrons. The maximum absolute atomic E-state index is 13.3. The van der Waals surface area contributed by atoms with Crippen LogP contribution in [0.4, 0.5) is 11.4 Å². The van der Waals surface area contributed by atoms with E-state index in [0.29, 0.717) is 5.57 Å². The Kier molecular flexibility index (Phi) is 6.22. The van der Waals surface area contributed by atoms with Crippen LogP contribution in [-0.2, 0) is 14.3 Å². The molecule has 3 N–H and O–H groups in total. The van der Waals surface area contributed by atoms with Crippen LogP contribution in [0.2, 0.25) is 0 Å². The SMILES string of the molecule is CC1=C(OCN)C(=O)N(c2cccc(C(=O)O)c2)C(=O)/C1=C\c1ccc(N(C)C)cc1. The smallest absolute Gasteiger partial charge is 0.335 e. The van der Waals surface area contributed by atoms with Crippen molar-refractivity contribution in [1.82, 2.24) is 0 Å². The molecule has 1 aliphatic heterocycles. The van der Waals surface area contributed by atoms with Gasteiger partial charge in [0.05, 0.1) is 11.3 Å². The Morgan fingerprint density at radius 3 is 2.39 bits per heavy atom. The number of hydrogen-bond acceptors (Lipinski definition) is 6. The number of amides is 2. The van der Waals surface area contributed by atoms with E-state index in [1.807, 2.05) is 43.3 Å². The molecule has 1 heterocycles. The molecule has 2 amide bonds. The summed E-state index contributed by atoms with van der Waals surface area (Å²) in [5.41, 5.74) is 7.96. The summed E-state index contributed by atoms with van der Waals surface area (Å²) in [5.74, 6) is -2.50. The molecular formula is C23H23N3O5. The predicted octanol–water partition coefficient (Wildman–Crippen LogP) is 2.61. The molecule has 31 heavy (non-hydrogen) atoms. The van der Waals surface area contributed by atoms with E-state index >= 15 is 0 Å². The summed E-state index contributed by atoms with van der Waals surface area (Å²) in [6, 6.07) is 13.2. The highest BCUT2D eigenvalue weighted by atomic mass is 16.5. The molecule has 3 rings (SSSR count). The fourth-order valence-electron chi connectivity index (χ4n) is 3.23. The largest absolute Gasteiger partial charge is 0.478 e. The summed E-state index contributed by atoms with van der Waals surface area (Å²) < 4.78 is 5.35. The molecule has 0 fully saturated rings. The number of aromatic carboxylic acids is 1.